The first kappa shape index (κ1) is 15.0. The highest BCUT2D eigenvalue weighted by atomic mass is 32.2. The molecule has 0 heterocycles. The molecular formula is C18H20N2OS. The minimum absolute atomic E-state index is 0.134. The minimum atomic E-state index is -0.209. The quantitative estimate of drug-likeness (QED) is 0.810. The highest BCUT2D eigenvalue weighted by molar-refractivity contribution is 7.98. The van der Waals surface area contributed by atoms with Gasteiger partial charge in [-0.3, -0.25) is 0 Å². The van der Waals surface area contributed by atoms with E-state index >= 15 is 0 Å². The van der Waals surface area contributed by atoms with Gasteiger partial charge in [0.2, 0.25) is 0 Å². The van der Waals surface area contributed by atoms with Gasteiger partial charge in [0.05, 0.1) is 11.2 Å². The Bertz CT molecular complexity index is 653. The van der Waals surface area contributed by atoms with Gasteiger partial charge in [-0.15, -0.1) is 11.8 Å². The summed E-state index contributed by atoms with van der Waals surface area (Å²) in [6.45, 7) is 0. The standard InChI is InChI=1S/C18H20N2OS/c1-22-16-11-6-5-10-15(16)19-17(21)20-18(12-7-13-18)14-8-3-2-4-9-14/h2-6,8-11H,7,12-13H2,1H3,(H2,19,20,21). The lowest BCUT2D eigenvalue weighted by atomic mass is 9.72. The molecule has 22 heavy (non-hydrogen) atoms. The first-order chi connectivity index (χ1) is 10.7. The molecule has 0 spiro atoms. The number of amides is 2. The van der Waals surface area contributed by atoms with Crippen LogP contribution in [0.1, 0.15) is 24.8 Å². The van der Waals surface area contributed by atoms with E-state index in [0.717, 1.165) is 29.8 Å². The summed E-state index contributed by atoms with van der Waals surface area (Å²) in [6, 6.07) is 18.0. The summed E-state index contributed by atoms with van der Waals surface area (Å²) in [5.41, 5.74) is 1.84. The van der Waals surface area contributed by atoms with Crippen LogP contribution in [0.2, 0.25) is 0 Å². The lowest BCUT2D eigenvalue weighted by Gasteiger charge is -2.43. The van der Waals surface area contributed by atoms with Crippen molar-refractivity contribution in [1.82, 2.24) is 5.32 Å². The Kier molecular flexibility index (Phi) is 4.39. The zero-order valence-corrected chi connectivity index (χ0v) is 13.5. The molecule has 1 aliphatic carbocycles. The molecule has 4 heteroatoms. The molecular weight excluding hydrogens is 292 g/mol. The van der Waals surface area contributed by atoms with E-state index in [2.05, 4.69) is 22.8 Å². The second-order valence-corrected chi connectivity index (χ2v) is 6.43. The number of para-hydroxylation sites is 1. The van der Waals surface area contributed by atoms with Gasteiger partial charge in [0, 0.05) is 4.90 Å². The van der Waals surface area contributed by atoms with Crippen molar-refractivity contribution in [3.05, 3.63) is 60.2 Å². The molecule has 0 unspecified atom stereocenters. The SMILES string of the molecule is CSc1ccccc1NC(=O)NC1(c2ccccc2)CCC1. The van der Waals surface area contributed by atoms with Crippen molar-refractivity contribution >= 4 is 23.5 Å². The van der Waals surface area contributed by atoms with Crippen LogP contribution in [0.3, 0.4) is 0 Å². The molecule has 1 aliphatic rings. The monoisotopic (exact) mass is 312 g/mol. The number of benzene rings is 2. The van der Waals surface area contributed by atoms with Gasteiger partial charge in [-0.1, -0.05) is 42.5 Å². The first-order valence-corrected chi connectivity index (χ1v) is 8.74. The summed E-state index contributed by atoms with van der Waals surface area (Å²) < 4.78 is 0. The van der Waals surface area contributed by atoms with Gasteiger partial charge in [-0.05, 0) is 43.2 Å². The van der Waals surface area contributed by atoms with Crippen molar-refractivity contribution in [1.29, 1.82) is 0 Å². The summed E-state index contributed by atoms with van der Waals surface area (Å²) in [5, 5.41) is 6.17. The number of carbonyl (C=O) groups excluding carboxylic acids is 1. The lowest BCUT2D eigenvalue weighted by Crippen LogP contribution is -2.52. The predicted molar refractivity (Wildman–Crippen MR) is 92.3 cm³/mol. The summed E-state index contributed by atoms with van der Waals surface area (Å²) in [7, 11) is 0. The summed E-state index contributed by atoms with van der Waals surface area (Å²) >= 11 is 1.63. The van der Waals surface area contributed by atoms with Gasteiger partial charge in [-0.25, -0.2) is 4.79 Å². The Balaban J connectivity index is 1.73. The van der Waals surface area contributed by atoms with Gasteiger partial charge in [0.15, 0.2) is 0 Å². The van der Waals surface area contributed by atoms with Crippen LogP contribution in [0, 0.1) is 0 Å². The maximum atomic E-state index is 12.4. The van der Waals surface area contributed by atoms with Crippen molar-refractivity contribution in [2.75, 3.05) is 11.6 Å². The molecule has 0 radical (unpaired) electrons. The molecule has 3 nitrogen and oxygen atoms in total. The van der Waals surface area contributed by atoms with Crippen LogP contribution in [0.5, 0.6) is 0 Å². The van der Waals surface area contributed by atoms with E-state index in [1.165, 1.54) is 5.56 Å². The van der Waals surface area contributed by atoms with E-state index in [9.17, 15) is 4.79 Å². The molecule has 2 aromatic carbocycles. The Labute approximate surface area is 135 Å². The number of hydrogen-bond acceptors (Lipinski definition) is 2. The van der Waals surface area contributed by atoms with Gasteiger partial charge in [0.1, 0.15) is 0 Å². The van der Waals surface area contributed by atoms with Crippen LogP contribution >= 0.6 is 11.8 Å². The largest absolute Gasteiger partial charge is 0.328 e. The fraction of sp³-hybridized carbons (Fsp3) is 0.278. The summed E-state index contributed by atoms with van der Waals surface area (Å²) in [4.78, 5) is 13.5. The summed E-state index contributed by atoms with van der Waals surface area (Å²) in [5.74, 6) is 0. The number of urea groups is 1. The lowest BCUT2D eigenvalue weighted by molar-refractivity contribution is 0.185. The molecule has 3 rings (SSSR count). The Morgan fingerprint density at radius 1 is 1.05 bits per heavy atom. The molecule has 0 bridgehead atoms. The van der Waals surface area contributed by atoms with Crippen LogP contribution in [-0.2, 0) is 5.54 Å². The summed E-state index contributed by atoms with van der Waals surface area (Å²) in [6.07, 6.45) is 5.15. The maximum Gasteiger partial charge on any atom is 0.319 e. The zero-order valence-electron chi connectivity index (χ0n) is 12.6. The van der Waals surface area contributed by atoms with E-state index in [-0.39, 0.29) is 11.6 Å². The third-order valence-corrected chi connectivity index (χ3v) is 5.04. The molecule has 114 valence electrons. The predicted octanol–water partition coefficient (Wildman–Crippen LogP) is 4.61. The van der Waals surface area contributed by atoms with Crippen LogP contribution < -0.4 is 10.6 Å². The van der Waals surface area contributed by atoms with Crippen LogP contribution in [0.15, 0.2) is 59.5 Å². The molecule has 0 saturated heterocycles. The van der Waals surface area contributed by atoms with Gasteiger partial charge < -0.3 is 10.6 Å². The Morgan fingerprint density at radius 3 is 2.36 bits per heavy atom. The van der Waals surface area contributed by atoms with Crippen molar-refractivity contribution in [3.8, 4) is 0 Å². The number of hydrogen-bond donors (Lipinski definition) is 2. The third-order valence-electron chi connectivity index (χ3n) is 4.24. The second kappa shape index (κ2) is 6.44. The van der Waals surface area contributed by atoms with Crippen LogP contribution in [0.4, 0.5) is 10.5 Å². The van der Waals surface area contributed by atoms with E-state index in [1.807, 2.05) is 48.7 Å². The highest BCUT2D eigenvalue weighted by Crippen LogP contribution is 2.41. The molecule has 0 aliphatic heterocycles. The topological polar surface area (TPSA) is 41.1 Å². The second-order valence-electron chi connectivity index (χ2n) is 5.58. The minimum Gasteiger partial charge on any atom is -0.328 e. The van der Waals surface area contributed by atoms with Crippen molar-refractivity contribution in [2.45, 2.75) is 29.7 Å². The average Bonchev–Trinajstić information content (AvgIpc) is 2.52. The zero-order chi connectivity index (χ0) is 15.4. The third kappa shape index (κ3) is 2.97. The normalized spacial score (nSPS) is 15.7. The molecule has 1 fully saturated rings. The average molecular weight is 312 g/mol. The molecule has 2 aromatic rings. The highest BCUT2D eigenvalue weighted by Gasteiger charge is 2.39. The smallest absolute Gasteiger partial charge is 0.319 e. The maximum absolute atomic E-state index is 12.4. The van der Waals surface area contributed by atoms with Gasteiger partial charge >= 0.3 is 6.03 Å². The fourth-order valence-corrected chi connectivity index (χ4v) is 3.45. The van der Waals surface area contributed by atoms with Gasteiger partial charge in [-0.2, -0.15) is 0 Å². The van der Waals surface area contributed by atoms with Crippen LogP contribution in [0.25, 0.3) is 0 Å². The van der Waals surface area contributed by atoms with Crippen molar-refractivity contribution < 1.29 is 4.79 Å². The Hall–Kier alpha value is -1.94. The van der Waals surface area contributed by atoms with E-state index in [1.54, 1.807) is 11.8 Å². The van der Waals surface area contributed by atoms with Crippen molar-refractivity contribution in [2.24, 2.45) is 0 Å². The molecule has 0 aromatic heterocycles. The van der Waals surface area contributed by atoms with E-state index in [0.29, 0.717) is 0 Å². The first-order valence-electron chi connectivity index (χ1n) is 7.51. The van der Waals surface area contributed by atoms with Crippen LogP contribution in [-0.4, -0.2) is 12.3 Å². The van der Waals surface area contributed by atoms with Gasteiger partial charge in [0.25, 0.3) is 0 Å². The fourth-order valence-electron chi connectivity index (χ4n) is 2.89. The van der Waals surface area contributed by atoms with Crippen molar-refractivity contribution in [3.63, 3.8) is 0 Å². The number of thioether (sulfide) groups is 1. The number of rotatable bonds is 4. The molecule has 1 saturated carbocycles. The number of nitrogens with one attached hydrogen (secondary N) is 2. The Morgan fingerprint density at radius 2 is 1.73 bits per heavy atom. The number of carbonyl (C=O) groups is 1. The molecule has 2 N–H and O–H groups in total. The van der Waals surface area contributed by atoms with E-state index in [4.69, 9.17) is 0 Å². The molecule has 2 amide bonds. The number of anilines is 1. The molecule has 0 atom stereocenters. The van der Waals surface area contributed by atoms with E-state index < -0.39 is 0 Å².